The van der Waals surface area contributed by atoms with Crippen molar-refractivity contribution in [1.82, 2.24) is 14.9 Å². The standard InChI is InChI=1S/C17H19N3O4/c1-9-6-10(2)12(16(21)24-3)7-11(9)15-18-13-4-5-20(17(22)23)8-14(13)19-15/h6-7H,4-5,8H2,1-3H3,(H,18,19)(H,22,23). The highest BCUT2D eigenvalue weighted by Gasteiger charge is 2.24. The zero-order valence-electron chi connectivity index (χ0n) is 13.8. The minimum atomic E-state index is -0.934. The molecule has 1 aromatic carbocycles. The van der Waals surface area contributed by atoms with Crippen LogP contribution in [0.4, 0.5) is 4.79 Å². The second kappa shape index (κ2) is 5.99. The number of H-pyrrole nitrogens is 1. The first-order valence-electron chi connectivity index (χ1n) is 7.66. The van der Waals surface area contributed by atoms with Gasteiger partial charge in [0.15, 0.2) is 0 Å². The quantitative estimate of drug-likeness (QED) is 0.825. The van der Waals surface area contributed by atoms with Gasteiger partial charge in [-0.05, 0) is 31.0 Å². The Hall–Kier alpha value is -2.83. The van der Waals surface area contributed by atoms with Gasteiger partial charge < -0.3 is 19.7 Å². The highest BCUT2D eigenvalue weighted by Crippen LogP contribution is 2.28. The van der Waals surface area contributed by atoms with Gasteiger partial charge >= 0.3 is 12.1 Å². The minimum absolute atomic E-state index is 0.298. The van der Waals surface area contributed by atoms with Gasteiger partial charge in [0.05, 0.1) is 30.6 Å². The molecule has 2 N–H and O–H groups in total. The van der Waals surface area contributed by atoms with Crippen LogP contribution in [0, 0.1) is 13.8 Å². The molecule has 7 nitrogen and oxygen atoms in total. The van der Waals surface area contributed by atoms with Crippen molar-refractivity contribution in [3.05, 3.63) is 40.2 Å². The van der Waals surface area contributed by atoms with Crippen molar-refractivity contribution in [2.75, 3.05) is 13.7 Å². The van der Waals surface area contributed by atoms with E-state index in [2.05, 4.69) is 9.97 Å². The Morgan fingerprint density at radius 2 is 2.04 bits per heavy atom. The number of carbonyl (C=O) groups is 2. The van der Waals surface area contributed by atoms with E-state index >= 15 is 0 Å². The number of benzene rings is 1. The summed E-state index contributed by atoms with van der Waals surface area (Å²) >= 11 is 0. The molecular formula is C17H19N3O4. The Morgan fingerprint density at radius 1 is 1.29 bits per heavy atom. The molecule has 1 aliphatic rings. The van der Waals surface area contributed by atoms with Crippen LogP contribution in [0.3, 0.4) is 0 Å². The van der Waals surface area contributed by atoms with Gasteiger partial charge in [-0.2, -0.15) is 0 Å². The third kappa shape index (κ3) is 2.73. The summed E-state index contributed by atoms with van der Waals surface area (Å²) in [6, 6.07) is 3.70. The van der Waals surface area contributed by atoms with Gasteiger partial charge in [0.25, 0.3) is 0 Å². The van der Waals surface area contributed by atoms with Crippen molar-refractivity contribution in [1.29, 1.82) is 0 Å². The fraction of sp³-hybridized carbons (Fsp3) is 0.353. The lowest BCUT2D eigenvalue weighted by molar-refractivity contribution is 0.0600. The molecule has 2 heterocycles. The van der Waals surface area contributed by atoms with E-state index in [1.165, 1.54) is 12.0 Å². The number of hydrogen-bond acceptors (Lipinski definition) is 4. The number of hydrogen-bond donors (Lipinski definition) is 2. The molecule has 0 fully saturated rings. The number of amides is 1. The Kier molecular flexibility index (Phi) is 4.01. The number of carbonyl (C=O) groups excluding carboxylic acids is 1. The molecule has 1 amide bonds. The largest absolute Gasteiger partial charge is 0.465 e. The van der Waals surface area contributed by atoms with Gasteiger partial charge in [-0.1, -0.05) is 6.07 Å². The summed E-state index contributed by atoms with van der Waals surface area (Å²) in [5.41, 5.74) is 4.83. The molecule has 0 saturated heterocycles. The number of aromatic nitrogens is 2. The molecule has 0 radical (unpaired) electrons. The molecule has 3 rings (SSSR count). The van der Waals surface area contributed by atoms with Gasteiger partial charge in [-0.3, -0.25) is 0 Å². The minimum Gasteiger partial charge on any atom is -0.465 e. The van der Waals surface area contributed by atoms with Gasteiger partial charge in [0.2, 0.25) is 0 Å². The highest BCUT2D eigenvalue weighted by atomic mass is 16.5. The average Bonchev–Trinajstić information content (AvgIpc) is 2.96. The predicted molar refractivity (Wildman–Crippen MR) is 87.0 cm³/mol. The van der Waals surface area contributed by atoms with Crippen LogP contribution in [0.25, 0.3) is 11.4 Å². The first kappa shape index (κ1) is 16.0. The summed E-state index contributed by atoms with van der Waals surface area (Å²) in [6.45, 7) is 4.55. The molecule has 0 aliphatic carbocycles. The zero-order chi connectivity index (χ0) is 17.4. The number of rotatable bonds is 2. The molecule has 0 bridgehead atoms. The third-order valence-electron chi connectivity index (χ3n) is 4.33. The van der Waals surface area contributed by atoms with E-state index in [9.17, 15) is 9.59 Å². The molecular weight excluding hydrogens is 310 g/mol. The van der Waals surface area contributed by atoms with Crippen LogP contribution in [0.1, 0.15) is 32.9 Å². The van der Waals surface area contributed by atoms with Gasteiger partial charge in [0, 0.05) is 18.5 Å². The Balaban J connectivity index is 2.02. The van der Waals surface area contributed by atoms with Crippen molar-refractivity contribution in [2.24, 2.45) is 0 Å². The highest BCUT2D eigenvalue weighted by molar-refractivity contribution is 5.92. The van der Waals surface area contributed by atoms with E-state index in [-0.39, 0.29) is 5.97 Å². The normalized spacial score (nSPS) is 13.5. The molecule has 2 aromatic rings. The Morgan fingerprint density at radius 3 is 2.71 bits per heavy atom. The summed E-state index contributed by atoms with van der Waals surface area (Å²) in [5, 5.41) is 9.13. The first-order valence-corrected chi connectivity index (χ1v) is 7.66. The molecule has 7 heteroatoms. The first-order chi connectivity index (χ1) is 11.4. The molecule has 126 valence electrons. The lowest BCUT2D eigenvalue weighted by atomic mass is 9.99. The maximum Gasteiger partial charge on any atom is 0.407 e. The molecule has 0 spiro atoms. The van der Waals surface area contributed by atoms with Crippen LogP contribution >= 0.6 is 0 Å². The van der Waals surface area contributed by atoms with E-state index < -0.39 is 6.09 Å². The second-order valence-electron chi connectivity index (χ2n) is 5.94. The summed E-state index contributed by atoms with van der Waals surface area (Å²) in [5.74, 6) is 0.261. The van der Waals surface area contributed by atoms with Crippen LogP contribution in [-0.4, -0.2) is 45.7 Å². The summed E-state index contributed by atoms with van der Waals surface area (Å²) < 4.78 is 4.83. The summed E-state index contributed by atoms with van der Waals surface area (Å²) in [6.07, 6.45) is -0.358. The number of carboxylic acid groups (broad SMARTS) is 1. The van der Waals surface area contributed by atoms with Crippen LogP contribution in [0.15, 0.2) is 12.1 Å². The van der Waals surface area contributed by atoms with E-state index in [0.29, 0.717) is 30.9 Å². The molecule has 0 atom stereocenters. The van der Waals surface area contributed by atoms with Crippen LogP contribution in [-0.2, 0) is 17.7 Å². The van der Waals surface area contributed by atoms with Crippen LogP contribution in [0.5, 0.6) is 0 Å². The van der Waals surface area contributed by atoms with E-state index in [1.54, 1.807) is 6.07 Å². The van der Waals surface area contributed by atoms with Gasteiger partial charge in [-0.15, -0.1) is 0 Å². The number of fused-ring (bicyclic) bond motifs is 1. The molecule has 0 saturated carbocycles. The van der Waals surface area contributed by atoms with Crippen LogP contribution in [0.2, 0.25) is 0 Å². The van der Waals surface area contributed by atoms with E-state index in [4.69, 9.17) is 9.84 Å². The average molecular weight is 329 g/mol. The zero-order valence-corrected chi connectivity index (χ0v) is 13.8. The van der Waals surface area contributed by atoms with E-state index in [0.717, 1.165) is 28.1 Å². The number of aryl methyl sites for hydroxylation is 2. The molecule has 1 aliphatic heterocycles. The lowest BCUT2D eigenvalue weighted by Crippen LogP contribution is -2.34. The summed E-state index contributed by atoms with van der Waals surface area (Å²) in [7, 11) is 1.35. The van der Waals surface area contributed by atoms with Gasteiger partial charge in [0.1, 0.15) is 5.82 Å². The maximum atomic E-state index is 11.9. The Labute approximate surface area is 139 Å². The monoisotopic (exact) mass is 329 g/mol. The molecule has 1 aromatic heterocycles. The summed E-state index contributed by atoms with van der Waals surface area (Å²) in [4.78, 5) is 32.2. The number of methoxy groups -OCH3 is 1. The van der Waals surface area contributed by atoms with Crippen molar-refractivity contribution in [3.63, 3.8) is 0 Å². The van der Waals surface area contributed by atoms with Gasteiger partial charge in [-0.25, -0.2) is 14.6 Å². The van der Waals surface area contributed by atoms with Crippen molar-refractivity contribution in [3.8, 4) is 11.4 Å². The third-order valence-corrected chi connectivity index (χ3v) is 4.33. The smallest absolute Gasteiger partial charge is 0.407 e. The predicted octanol–water partition coefficient (Wildman–Crippen LogP) is 2.52. The number of aromatic amines is 1. The second-order valence-corrected chi connectivity index (χ2v) is 5.94. The maximum absolute atomic E-state index is 11.9. The Bertz CT molecular complexity index is 825. The van der Waals surface area contributed by atoms with Crippen LogP contribution < -0.4 is 0 Å². The topological polar surface area (TPSA) is 95.5 Å². The fourth-order valence-corrected chi connectivity index (χ4v) is 3.02. The van der Waals surface area contributed by atoms with Crippen molar-refractivity contribution in [2.45, 2.75) is 26.8 Å². The number of nitrogens with zero attached hydrogens (tertiary/aromatic N) is 2. The van der Waals surface area contributed by atoms with E-state index in [1.807, 2.05) is 19.9 Å². The SMILES string of the molecule is COC(=O)c1cc(-c2nc3c([nH]2)CN(C(=O)O)CC3)c(C)cc1C. The number of imidazole rings is 1. The van der Waals surface area contributed by atoms with Crippen molar-refractivity contribution < 1.29 is 19.4 Å². The molecule has 0 unspecified atom stereocenters. The number of ether oxygens (including phenoxy) is 1. The fourth-order valence-electron chi connectivity index (χ4n) is 3.02. The number of esters is 1. The lowest BCUT2D eigenvalue weighted by Gasteiger charge is -2.22. The number of nitrogens with one attached hydrogen (secondary N) is 1. The molecule has 24 heavy (non-hydrogen) atoms. The van der Waals surface area contributed by atoms with Crippen molar-refractivity contribution >= 4 is 12.1 Å².